The summed E-state index contributed by atoms with van der Waals surface area (Å²) < 4.78 is 5.32. The van der Waals surface area contributed by atoms with E-state index in [1.54, 1.807) is 13.3 Å². The van der Waals surface area contributed by atoms with Crippen LogP contribution in [0.1, 0.15) is 11.1 Å². The molecule has 1 heterocycles. The maximum absolute atomic E-state index is 5.56. The van der Waals surface area contributed by atoms with Crippen molar-refractivity contribution in [3.8, 4) is 17.0 Å². The van der Waals surface area contributed by atoms with Crippen molar-refractivity contribution in [1.29, 1.82) is 0 Å². The molecule has 1 aromatic carbocycles. The van der Waals surface area contributed by atoms with Gasteiger partial charge in [-0.1, -0.05) is 0 Å². The summed E-state index contributed by atoms with van der Waals surface area (Å²) in [5.41, 5.74) is 9.75. The van der Waals surface area contributed by atoms with Gasteiger partial charge in [-0.2, -0.15) is 0 Å². The SMILES string of the molecule is COc1c(C)cc(-c2cnc(N)[nH]2)cc1C. The lowest BCUT2D eigenvalue weighted by molar-refractivity contribution is 0.408. The molecule has 3 N–H and O–H groups in total. The van der Waals surface area contributed by atoms with Crippen molar-refractivity contribution in [2.45, 2.75) is 13.8 Å². The number of nitrogens with zero attached hydrogens (tertiary/aromatic N) is 1. The van der Waals surface area contributed by atoms with E-state index in [2.05, 4.69) is 22.1 Å². The number of aromatic nitrogens is 2. The number of imidazole rings is 1. The Bertz CT molecular complexity index is 494. The van der Waals surface area contributed by atoms with Crippen LogP contribution in [0.4, 0.5) is 5.95 Å². The molecule has 0 amide bonds. The molecule has 4 heteroatoms. The number of aromatic amines is 1. The summed E-state index contributed by atoms with van der Waals surface area (Å²) in [4.78, 5) is 7.00. The van der Waals surface area contributed by atoms with Gasteiger partial charge in [-0.05, 0) is 37.1 Å². The van der Waals surface area contributed by atoms with Crippen molar-refractivity contribution >= 4 is 5.95 Å². The summed E-state index contributed by atoms with van der Waals surface area (Å²) in [6.45, 7) is 4.05. The number of benzene rings is 1. The molecule has 0 spiro atoms. The molecule has 0 atom stereocenters. The number of hydrogen-bond donors (Lipinski definition) is 2. The van der Waals surface area contributed by atoms with E-state index in [-0.39, 0.29) is 0 Å². The van der Waals surface area contributed by atoms with Crippen LogP contribution in [0.2, 0.25) is 0 Å². The third-order valence-electron chi connectivity index (χ3n) is 2.57. The highest BCUT2D eigenvalue weighted by molar-refractivity contribution is 5.64. The van der Waals surface area contributed by atoms with Crippen LogP contribution in [0.5, 0.6) is 5.75 Å². The number of nitrogen functional groups attached to an aromatic ring is 1. The molecule has 0 saturated heterocycles. The number of ether oxygens (including phenoxy) is 1. The second-order valence-electron chi connectivity index (χ2n) is 3.83. The maximum Gasteiger partial charge on any atom is 0.197 e. The first kappa shape index (κ1) is 10.5. The molecule has 0 aliphatic heterocycles. The number of anilines is 1. The highest BCUT2D eigenvalue weighted by atomic mass is 16.5. The molecule has 0 bridgehead atoms. The molecule has 2 aromatic rings. The highest BCUT2D eigenvalue weighted by Gasteiger charge is 2.08. The molecule has 0 aliphatic rings. The van der Waals surface area contributed by atoms with Crippen molar-refractivity contribution in [3.63, 3.8) is 0 Å². The van der Waals surface area contributed by atoms with E-state index in [1.807, 2.05) is 13.8 Å². The van der Waals surface area contributed by atoms with Crippen molar-refractivity contribution in [1.82, 2.24) is 9.97 Å². The van der Waals surface area contributed by atoms with Crippen LogP contribution in [0.25, 0.3) is 11.3 Å². The first-order valence-electron chi connectivity index (χ1n) is 5.08. The fourth-order valence-corrected chi connectivity index (χ4v) is 1.91. The Morgan fingerprint density at radius 1 is 1.25 bits per heavy atom. The molecule has 1 aromatic heterocycles. The lowest BCUT2D eigenvalue weighted by Gasteiger charge is -2.10. The third kappa shape index (κ3) is 1.74. The van der Waals surface area contributed by atoms with Crippen LogP contribution in [0.15, 0.2) is 18.3 Å². The number of aryl methyl sites for hydroxylation is 2. The van der Waals surface area contributed by atoms with E-state index in [4.69, 9.17) is 10.5 Å². The second kappa shape index (κ2) is 3.89. The van der Waals surface area contributed by atoms with Gasteiger partial charge in [-0.25, -0.2) is 4.98 Å². The van der Waals surface area contributed by atoms with Crippen molar-refractivity contribution < 1.29 is 4.74 Å². The first-order chi connectivity index (χ1) is 7.61. The van der Waals surface area contributed by atoms with Gasteiger partial charge >= 0.3 is 0 Å². The highest BCUT2D eigenvalue weighted by Crippen LogP contribution is 2.29. The minimum absolute atomic E-state index is 0.432. The van der Waals surface area contributed by atoms with Crippen molar-refractivity contribution in [2.75, 3.05) is 12.8 Å². The van der Waals surface area contributed by atoms with E-state index in [0.717, 1.165) is 28.1 Å². The van der Waals surface area contributed by atoms with Crippen LogP contribution in [0.3, 0.4) is 0 Å². The van der Waals surface area contributed by atoms with Crippen LogP contribution in [0, 0.1) is 13.8 Å². The topological polar surface area (TPSA) is 63.9 Å². The Morgan fingerprint density at radius 2 is 1.88 bits per heavy atom. The molecule has 0 unspecified atom stereocenters. The number of methoxy groups -OCH3 is 1. The van der Waals surface area contributed by atoms with Crippen LogP contribution in [-0.2, 0) is 0 Å². The largest absolute Gasteiger partial charge is 0.496 e. The summed E-state index contributed by atoms with van der Waals surface area (Å²) in [7, 11) is 1.68. The smallest absolute Gasteiger partial charge is 0.197 e. The van der Waals surface area contributed by atoms with Crippen molar-refractivity contribution in [2.24, 2.45) is 0 Å². The predicted octanol–water partition coefficient (Wildman–Crippen LogP) is 2.28. The van der Waals surface area contributed by atoms with Gasteiger partial charge in [0.15, 0.2) is 5.95 Å². The van der Waals surface area contributed by atoms with Gasteiger partial charge in [0.2, 0.25) is 0 Å². The first-order valence-corrected chi connectivity index (χ1v) is 5.08. The van der Waals surface area contributed by atoms with Gasteiger partial charge in [0, 0.05) is 5.56 Å². The number of H-pyrrole nitrogens is 1. The van der Waals surface area contributed by atoms with Gasteiger partial charge in [0.1, 0.15) is 5.75 Å². The third-order valence-corrected chi connectivity index (χ3v) is 2.57. The summed E-state index contributed by atoms with van der Waals surface area (Å²) in [5, 5.41) is 0. The number of hydrogen-bond acceptors (Lipinski definition) is 3. The van der Waals surface area contributed by atoms with Gasteiger partial charge in [0.05, 0.1) is 19.0 Å². The molecule has 84 valence electrons. The van der Waals surface area contributed by atoms with Crippen LogP contribution >= 0.6 is 0 Å². The zero-order valence-electron chi connectivity index (χ0n) is 9.66. The van der Waals surface area contributed by atoms with E-state index in [9.17, 15) is 0 Å². The zero-order valence-corrected chi connectivity index (χ0v) is 9.66. The molecule has 0 saturated carbocycles. The monoisotopic (exact) mass is 217 g/mol. The summed E-state index contributed by atoms with van der Waals surface area (Å²) in [6, 6.07) is 4.11. The molecule has 4 nitrogen and oxygen atoms in total. The van der Waals surface area contributed by atoms with Gasteiger partial charge in [0.25, 0.3) is 0 Å². The lowest BCUT2D eigenvalue weighted by atomic mass is 10.0. The number of nitrogens with one attached hydrogen (secondary N) is 1. The summed E-state index contributed by atoms with van der Waals surface area (Å²) in [5.74, 6) is 1.36. The molecular weight excluding hydrogens is 202 g/mol. The maximum atomic E-state index is 5.56. The quantitative estimate of drug-likeness (QED) is 0.811. The van der Waals surface area contributed by atoms with E-state index >= 15 is 0 Å². The number of rotatable bonds is 2. The molecule has 2 rings (SSSR count). The molecule has 0 fully saturated rings. The van der Waals surface area contributed by atoms with Crippen LogP contribution in [-0.4, -0.2) is 17.1 Å². The fourth-order valence-electron chi connectivity index (χ4n) is 1.91. The van der Waals surface area contributed by atoms with Gasteiger partial charge in [-0.15, -0.1) is 0 Å². The lowest BCUT2D eigenvalue weighted by Crippen LogP contribution is -1.92. The zero-order chi connectivity index (χ0) is 11.7. The molecular formula is C12H15N3O. The van der Waals surface area contributed by atoms with Gasteiger partial charge in [-0.3, -0.25) is 0 Å². The van der Waals surface area contributed by atoms with Crippen LogP contribution < -0.4 is 10.5 Å². The average Bonchev–Trinajstić information content (AvgIpc) is 2.64. The molecule has 0 radical (unpaired) electrons. The summed E-state index contributed by atoms with van der Waals surface area (Å²) >= 11 is 0. The van der Waals surface area contributed by atoms with Gasteiger partial charge < -0.3 is 15.5 Å². The molecule has 16 heavy (non-hydrogen) atoms. The minimum atomic E-state index is 0.432. The fraction of sp³-hybridized carbons (Fsp3) is 0.250. The Labute approximate surface area is 94.5 Å². The Kier molecular flexibility index (Phi) is 2.56. The Balaban J connectivity index is 2.52. The van der Waals surface area contributed by atoms with E-state index in [0.29, 0.717) is 5.95 Å². The summed E-state index contributed by atoms with van der Waals surface area (Å²) in [6.07, 6.45) is 1.73. The Hall–Kier alpha value is -1.97. The molecule has 0 aliphatic carbocycles. The average molecular weight is 217 g/mol. The Morgan fingerprint density at radius 3 is 2.31 bits per heavy atom. The normalized spacial score (nSPS) is 10.4. The number of nitrogens with two attached hydrogens (primary N) is 1. The predicted molar refractivity (Wildman–Crippen MR) is 64.5 cm³/mol. The van der Waals surface area contributed by atoms with E-state index in [1.165, 1.54) is 0 Å². The van der Waals surface area contributed by atoms with E-state index < -0.39 is 0 Å². The standard InChI is InChI=1S/C12H15N3O/c1-7-4-9(5-8(2)11(7)16-3)10-6-14-12(13)15-10/h4-6H,1-3H3,(H3,13,14,15). The second-order valence-corrected chi connectivity index (χ2v) is 3.83. The minimum Gasteiger partial charge on any atom is -0.496 e. The van der Waals surface area contributed by atoms with Crippen molar-refractivity contribution in [3.05, 3.63) is 29.5 Å².